The Morgan fingerprint density at radius 3 is 2.73 bits per heavy atom. The Morgan fingerprint density at radius 2 is 2.08 bits per heavy atom. The van der Waals surface area contributed by atoms with Crippen LogP contribution in [0.2, 0.25) is 0 Å². The maximum absolute atomic E-state index is 5.98. The van der Waals surface area contributed by atoms with Crippen molar-refractivity contribution in [3.8, 4) is 5.75 Å². The third-order valence-corrected chi connectivity index (χ3v) is 4.30. The SMILES string of the molecule is CNNC(=NC(C)c1cccc(OC)c1)N=C(N)OC1CCN(C)CC1. The second-order valence-electron chi connectivity index (χ2n) is 6.35. The van der Waals surface area contributed by atoms with Gasteiger partial charge in [-0.15, -0.1) is 0 Å². The van der Waals surface area contributed by atoms with Crippen molar-refractivity contribution in [3.63, 3.8) is 0 Å². The van der Waals surface area contributed by atoms with Gasteiger partial charge in [0.2, 0.25) is 5.96 Å². The summed E-state index contributed by atoms with van der Waals surface area (Å²) >= 11 is 0. The first-order chi connectivity index (χ1) is 12.5. The van der Waals surface area contributed by atoms with Crippen LogP contribution in [-0.2, 0) is 4.74 Å². The number of methoxy groups -OCH3 is 1. The molecule has 1 aliphatic heterocycles. The van der Waals surface area contributed by atoms with E-state index in [1.807, 2.05) is 31.2 Å². The zero-order chi connectivity index (χ0) is 18.9. The number of piperidine rings is 1. The molecule has 1 saturated heterocycles. The van der Waals surface area contributed by atoms with E-state index in [-0.39, 0.29) is 18.2 Å². The molecule has 1 fully saturated rings. The van der Waals surface area contributed by atoms with Gasteiger partial charge >= 0.3 is 0 Å². The minimum atomic E-state index is -0.124. The molecule has 0 aromatic heterocycles. The van der Waals surface area contributed by atoms with Crippen LogP contribution < -0.4 is 21.3 Å². The summed E-state index contributed by atoms with van der Waals surface area (Å²) in [5.74, 6) is 1.16. The quantitative estimate of drug-likeness (QED) is 0.415. The number of hydrogen-bond acceptors (Lipinski definition) is 5. The zero-order valence-corrected chi connectivity index (χ0v) is 16.0. The Kier molecular flexibility index (Phi) is 7.68. The maximum Gasteiger partial charge on any atom is 0.290 e. The van der Waals surface area contributed by atoms with Crippen LogP contribution in [0.25, 0.3) is 0 Å². The van der Waals surface area contributed by atoms with Gasteiger partial charge in [-0.1, -0.05) is 12.1 Å². The molecular weight excluding hydrogens is 332 g/mol. The van der Waals surface area contributed by atoms with E-state index in [9.17, 15) is 0 Å². The predicted molar refractivity (Wildman–Crippen MR) is 104 cm³/mol. The summed E-state index contributed by atoms with van der Waals surface area (Å²) in [6.45, 7) is 3.98. The number of benzene rings is 1. The first-order valence-corrected chi connectivity index (χ1v) is 8.85. The van der Waals surface area contributed by atoms with Crippen molar-refractivity contribution in [2.24, 2.45) is 15.7 Å². The molecule has 0 aliphatic carbocycles. The highest BCUT2D eigenvalue weighted by molar-refractivity contribution is 5.91. The number of rotatable bonds is 5. The molecule has 2 rings (SSSR count). The van der Waals surface area contributed by atoms with Crippen LogP contribution in [0.15, 0.2) is 34.3 Å². The normalized spacial score (nSPS) is 18.5. The summed E-state index contributed by atoms with van der Waals surface area (Å²) < 4.78 is 11.0. The van der Waals surface area contributed by atoms with Gasteiger partial charge in [-0.2, -0.15) is 4.99 Å². The molecule has 0 amide bonds. The minimum absolute atomic E-state index is 0.0987. The highest BCUT2D eigenvalue weighted by Gasteiger charge is 2.19. The highest BCUT2D eigenvalue weighted by atomic mass is 16.5. The van der Waals surface area contributed by atoms with Gasteiger partial charge in [0.25, 0.3) is 6.02 Å². The lowest BCUT2D eigenvalue weighted by atomic mass is 10.1. The van der Waals surface area contributed by atoms with Gasteiger partial charge in [-0.25, -0.2) is 10.4 Å². The van der Waals surface area contributed by atoms with Crippen molar-refractivity contribution in [3.05, 3.63) is 29.8 Å². The van der Waals surface area contributed by atoms with Gasteiger partial charge in [-0.3, -0.25) is 5.43 Å². The third-order valence-electron chi connectivity index (χ3n) is 4.30. The molecule has 0 saturated carbocycles. The van der Waals surface area contributed by atoms with E-state index in [4.69, 9.17) is 15.2 Å². The number of hydrogen-bond donors (Lipinski definition) is 3. The van der Waals surface area contributed by atoms with Gasteiger partial charge in [0.05, 0.1) is 13.2 Å². The summed E-state index contributed by atoms with van der Waals surface area (Å²) in [4.78, 5) is 11.2. The molecule has 0 spiro atoms. The number of nitrogens with zero attached hydrogens (tertiary/aromatic N) is 3. The molecule has 8 heteroatoms. The topological polar surface area (TPSA) is 96.5 Å². The summed E-state index contributed by atoms with van der Waals surface area (Å²) in [5.41, 5.74) is 12.7. The standard InChI is InChI=1S/C18H30N6O2/c1-13(14-6-5-7-16(12-14)25-4)21-18(23-20-2)22-17(19)26-15-8-10-24(3)11-9-15/h5-7,12-13,15,20H,8-11H2,1-4H3,(H3,19,21,22,23). The molecule has 26 heavy (non-hydrogen) atoms. The molecule has 4 N–H and O–H groups in total. The second-order valence-corrected chi connectivity index (χ2v) is 6.35. The molecule has 0 radical (unpaired) electrons. The van der Waals surface area contributed by atoms with Gasteiger partial charge in [0.1, 0.15) is 11.9 Å². The minimum Gasteiger partial charge on any atom is -0.497 e. The van der Waals surface area contributed by atoms with Crippen LogP contribution in [-0.4, -0.2) is 57.3 Å². The Bertz CT molecular complexity index is 626. The fourth-order valence-electron chi connectivity index (χ4n) is 2.76. The van der Waals surface area contributed by atoms with E-state index < -0.39 is 0 Å². The fourth-order valence-corrected chi connectivity index (χ4v) is 2.76. The molecule has 1 unspecified atom stereocenters. The smallest absolute Gasteiger partial charge is 0.290 e. The average Bonchev–Trinajstić information content (AvgIpc) is 2.63. The first kappa shape index (κ1) is 20.0. The number of aliphatic imine (C=N–C) groups is 2. The van der Waals surface area contributed by atoms with E-state index >= 15 is 0 Å². The van der Waals surface area contributed by atoms with Crippen LogP contribution in [0.1, 0.15) is 31.4 Å². The number of hydrazine groups is 1. The molecule has 1 atom stereocenters. The number of nitrogens with two attached hydrogens (primary N) is 1. The number of nitrogens with one attached hydrogen (secondary N) is 2. The molecule has 1 aliphatic rings. The molecule has 0 bridgehead atoms. The number of ether oxygens (including phenoxy) is 2. The summed E-state index contributed by atoms with van der Waals surface area (Å²) in [7, 11) is 5.50. The van der Waals surface area contributed by atoms with Gasteiger partial charge < -0.3 is 20.1 Å². The van der Waals surface area contributed by atoms with Crippen molar-refractivity contribution in [2.75, 3.05) is 34.3 Å². The molecule has 1 heterocycles. The largest absolute Gasteiger partial charge is 0.497 e. The monoisotopic (exact) mass is 362 g/mol. The van der Waals surface area contributed by atoms with Crippen molar-refractivity contribution < 1.29 is 9.47 Å². The van der Waals surface area contributed by atoms with E-state index in [0.717, 1.165) is 37.2 Å². The lowest BCUT2D eigenvalue weighted by Gasteiger charge is -2.28. The zero-order valence-electron chi connectivity index (χ0n) is 16.0. The summed E-state index contributed by atoms with van der Waals surface area (Å²) in [5, 5.41) is 0. The van der Waals surface area contributed by atoms with Crippen LogP contribution in [0, 0.1) is 0 Å². The van der Waals surface area contributed by atoms with Crippen LogP contribution in [0.4, 0.5) is 0 Å². The number of guanidine groups is 1. The van der Waals surface area contributed by atoms with Crippen molar-refractivity contribution >= 4 is 12.0 Å². The summed E-state index contributed by atoms with van der Waals surface area (Å²) in [6, 6.07) is 7.78. The molecule has 8 nitrogen and oxygen atoms in total. The first-order valence-electron chi connectivity index (χ1n) is 8.85. The van der Waals surface area contributed by atoms with E-state index in [0.29, 0.717) is 5.96 Å². The lowest BCUT2D eigenvalue weighted by molar-refractivity contribution is 0.103. The van der Waals surface area contributed by atoms with Crippen LogP contribution in [0.3, 0.4) is 0 Å². The van der Waals surface area contributed by atoms with Gasteiger partial charge in [0, 0.05) is 20.1 Å². The Balaban J connectivity index is 2.06. The Hall–Kier alpha value is -2.32. The van der Waals surface area contributed by atoms with Crippen molar-refractivity contribution in [1.82, 2.24) is 15.8 Å². The van der Waals surface area contributed by atoms with Crippen LogP contribution >= 0.6 is 0 Å². The molecule has 1 aromatic carbocycles. The number of amidine groups is 1. The van der Waals surface area contributed by atoms with Crippen LogP contribution in [0.5, 0.6) is 5.75 Å². The highest BCUT2D eigenvalue weighted by Crippen LogP contribution is 2.21. The number of likely N-dealkylation sites (tertiary alicyclic amines) is 1. The van der Waals surface area contributed by atoms with E-state index in [1.165, 1.54) is 0 Å². The van der Waals surface area contributed by atoms with Crippen molar-refractivity contribution in [2.45, 2.75) is 31.9 Å². The molecule has 144 valence electrons. The predicted octanol–water partition coefficient (Wildman–Crippen LogP) is 1.26. The average molecular weight is 362 g/mol. The van der Waals surface area contributed by atoms with E-state index in [1.54, 1.807) is 14.2 Å². The van der Waals surface area contributed by atoms with Gasteiger partial charge in [0.15, 0.2) is 0 Å². The summed E-state index contributed by atoms with van der Waals surface area (Å²) in [6.07, 6.45) is 1.99. The Labute approximate surface area is 155 Å². The molecule has 1 aromatic rings. The van der Waals surface area contributed by atoms with E-state index in [2.05, 4.69) is 32.8 Å². The second kappa shape index (κ2) is 9.98. The third kappa shape index (κ3) is 6.20. The lowest BCUT2D eigenvalue weighted by Crippen LogP contribution is -2.38. The maximum atomic E-state index is 5.98. The molecular formula is C18H30N6O2. The fraction of sp³-hybridized carbons (Fsp3) is 0.556. The van der Waals surface area contributed by atoms with Gasteiger partial charge in [-0.05, 0) is 44.5 Å². The Morgan fingerprint density at radius 1 is 1.35 bits per heavy atom. The van der Waals surface area contributed by atoms with Crippen molar-refractivity contribution in [1.29, 1.82) is 0 Å².